The molecule has 1 atom stereocenters. The SMILES string of the molecule is CC(O)C[N+](C)(C)C.[F-]. The van der Waals surface area contributed by atoms with Gasteiger partial charge in [-0.05, 0) is 6.92 Å². The fraction of sp³-hybridized carbons (Fsp3) is 1.00. The predicted molar refractivity (Wildman–Crippen MR) is 34.6 cm³/mol. The largest absolute Gasteiger partial charge is 1.00 e. The molecule has 0 rings (SSSR count). The summed E-state index contributed by atoms with van der Waals surface area (Å²) >= 11 is 0. The van der Waals surface area contributed by atoms with Crippen molar-refractivity contribution in [3.8, 4) is 0 Å². The minimum absolute atomic E-state index is 0. The average molecular weight is 137 g/mol. The van der Waals surface area contributed by atoms with Crippen molar-refractivity contribution in [1.29, 1.82) is 0 Å². The smallest absolute Gasteiger partial charge is 0.104 e. The highest BCUT2D eigenvalue weighted by Gasteiger charge is 2.09. The van der Waals surface area contributed by atoms with E-state index in [9.17, 15) is 0 Å². The Hall–Kier alpha value is -0.150. The van der Waals surface area contributed by atoms with Gasteiger partial charge in [-0.15, -0.1) is 0 Å². The van der Waals surface area contributed by atoms with Gasteiger partial charge < -0.3 is 14.3 Å². The normalized spacial score (nSPS) is 14.3. The Balaban J connectivity index is 0. The summed E-state index contributed by atoms with van der Waals surface area (Å²) in [5.74, 6) is 0. The molecule has 0 aromatic carbocycles. The highest BCUT2D eigenvalue weighted by molar-refractivity contribution is 4.39. The lowest BCUT2D eigenvalue weighted by molar-refractivity contribution is -0.873. The second-order valence-electron chi connectivity index (χ2n) is 3.32. The van der Waals surface area contributed by atoms with Gasteiger partial charge in [-0.2, -0.15) is 0 Å². The van der Waals surface area contributed by atoms with E-state index in [1.807, 2.05) is 6.92 Å². The Kier molecular flexibility index (Phi) is 4.90. The van der Waals surface area contributed by atoms with E-state index >= 15 is 0 Å². The molecule has 1 unspecified atom stereocenters. The summed E-state index contributed by atoms with van der Waals surface area (Å²) in [5, 5.41) is 8.87. The van der Waals surface area contributed by atoms with Crippen LogP contribution in [0.4, 0.5) is 0 Å². The molecule has 0 bridgehead atoms. The van der Waals surface area contributed by atoms with Crippen molar-refractivity contribution >= 4 is 0 Å². The second-order valence-corrected chi connectivity index (χ2v) is 3.32. The maximum atomic E-state index is 8.87. The quantitative estimate of drug-likeness (QED) is 0.404. The molecular weight excluding hydrogens is 121 g/mol. The number of aliphatic hydroxyl groups is 1. The van der Waals surface area contributed by atoms with Crippen LogP contribution in [0.2, 0.25) is 0 Å². The van der Waals surface area contributed by atoms with Crippen LogP contribution in [0, 0.1) is 0 Å². The topological polar surface area (TPSA) is 20.2 Å². The first-order valence-electron chi connectivity index (χ1n) is 2.90. The van der Waals surface area contributed by atoms with E-state index in [2.05, 4.69) is 21.1 Å². The predicted octanol–water partition coefficient (Wildman–Crippen LogP) is -2.92. The average Bonchev–Trinajstić information content (AvgIpc) is 1.21. The number of rotatable bonds is 2. The molecular formula is C6H16FNO. The van der Waals surface area contributed by atoms with Crippen LogP contribution in [-0.2, 0) is 0 Å². The summed E-state index contributed by atoms with van der Waals surface area (Å²) in [4.78, 5) is 0. The van der Waals surface area contributed by atoms with Gasteiger partial charge in [0, 0.05) is 0 Å². The molecule has 0 aliphatic heterocycles. The van der Waals surface area contributed by atoms with Crippen molar-refractivity contribution in [1.82, 2.24) is 0 Å². The summed E-state index contributed by atoms with van der Waals surface area (Å²) in [5.41, 5.74) is 0. The summed E-state index contributed by atoms with van der Waals surface area (Å²) in [6, 6.07) is 0. The third kappa shape index (κ3) is 11.4. The molecule has 0 aliphatic carbocycles. The first kappa shape index (κ1) is 11.6. The molecule has 0 radical (unpaired) electrons. The maximum Gasteiger partial charge on any atom is 0.104 e. The van der Waals surface area contributed by atoms with Crippen molar-refractivity contribution in [3.63, 3.8) is 0 Å². The van der Waals surface area contributed by atoms with E-state index in [4.69, 9.17) is 5.11 Å². The van der Waals surface area contributed by atoms with E-state index in [1.165, 1.54) is 0 Å². The zero-order valence-electron chi connectivity index (χ0n) is 6.56. The number of halogens is 1. The third-order valence-electron chi connectivity index (χ3n) is 0.812. The van der Waals surface area contributed by atoms with Crippen molar-refractivity contribution in [3.05, 3.63) is 0 Å². The molecule has 0 saturated heterocycles. The summed E-state index contributed by atoms with van der Waals surface area (Å²) < 4.78 is 0.831. The molecule has 0 heterocycles. The molecule has 0 saturated carbocycles. The summed E-state index contributed by atoms with van der Waals surface area (Å²) in [6.45, 7) is 2.63. The van der Waals surface area contributed by atoms with Gasteiger partial charge in [0.2, 0.25) is 0 Å². The fourth-order valence-electron chi connectivity index (χ4n) is 0.793. The molecule has 1 N–H and O–H groups in total. The number of hydrogen-bond donors (Lipinski definition) is 1. The second kappa shape index (κ2) is 3.80. The fourth-order valence-corrected chi connectivity index (χ4v) is 0.793. The number of nitrogens with zero attached hydrogens (tertiary/aromatic N) is 1. The van der Waals surface area contributed by atoms with E-state index < -0.39 is 0 Å². The molecule has 0 aromatic rings. The number of likely N-dealkylation sites (N-methyl/N-ethyl adjacent to an activating group) is 1. The molecule has 2 nitrogen and oxygen atoms in total. The molecule has 0 aromatic heterocycles. The zero-order chi connectivity index (χ0) is 6.78. The van der Waals surface area contributed by atoms with Crippen LogP contribution in [0.1, 0.15) is 6.92 Å². The van der Waals surface area contributed by atoms with Crippen molar-refractivity contribution in [2.24, 2.45) is 0 Å². The molecule has 9 heavy (non-hydrogen) atoms. The first-order chi connectivity index (χ1) is 3.42. The zero-order valence-corrected chi connectivity index (χ0v) is 6.56. The van der Waals surface area contributed by atoms with Crippen LogP contribution in [-0.4, -0.2) is 43.4 Å². The Labute approximate surface area is 56.1 Å². The number of quaternary nitrogens is 1. The molecule has 0 amide bonds. The van der Waals surface area contributed by atoms with Crippen molar-refractivity contribution < 1.29 is 14.3 Å². The minimum atomic E-state index is -0.185. The lowest BCUT2D eigenvalue weighted by atomic mass is 10.3. The maximum absolute atomic E-state index is 8.87. The van der Waals surface area contributed by atoms with Crippen molar-refractivity contribution in [2.75, 3.05) is 27.7 Å². The Bertz CT molecular complexity index is 67.9. The van der Waals surface area contributed by atoms with Gasteiger partial charge in [-0.25, -0.2) is 0 Å². The molecule has 3 heteroatoms. The third-order valence-corrected chi connectivity index (χ3v) is 0.812. The minimum Gasteiger partial charge on any atom is -1.00 e. The van der Waals surface area contributed by atoms with E-state index in [0.717, 1.165) is 11.0 Å². The van der Waals surface area contributed by atoms with Gasteiger partial charge in [0.1, 0.15) is 12.6 Å². The summed E-state index contributed by atoms with van der Waals surface area (Å²) in [6.07, 6.45) is -0.185. The van der Waals surface area contributed by atoms with E-state index in [-0.39, 0.29) is 10.8 Å². The van der Waals surface area contributed by atoms with Crippen LogP contribution < -0.4 is 4.70 Å². The monoisotopic (exact) mass is 137 g/mol. The van der Waals surface area contributed by atoms with Crippen LogP contribution in [0.5, 0.6) is 0 Å². The van der Waals surface area contributed by atoms with E-state index in [0.29, 0.717) is 0 Å². The van der Waals surface area contributed by atoms with Gasteiger partial charge in [0.15, 0.2) is 0 Å². The van der Waals surface area contributed by atoms with Gasteiger partial charge >= 0.3 is 0 Å². The lowest BCUT2D eigenvalue weighted by Gasteiger charge is -2.24. The highest BCUT2D eigenvalue weighted by Crippen LogP contribution is 1.92. The lowest BCUT2D eigenvalue weighted by Crippen LogP contribution is -3.00. The van der Waals surface area contributed by atoms with Gasteiger partial charge in [-0.3, -0.25) is 0 Å². The standard InChI is InChI=1S/C6H16NO.FH/c1-6(8)5-7(2,3)4;/h6,8H,5H2,1-4H3;1H/q+1;/p-1. The Morgan fingerprint density at radius 1 is 1.33 bits per heavy atom. The van der Waals surface area contributed by atoms with Gasteiger partial charge in [0.05, 0.1) is 21.1 Å². The number of hydrogen-bond acceptors (Lipinski definition) is 1. The molecule has 0 fully saturated rings. The Morgan fingerprint density at radius 2 is 1.67 bits per heavy atom. The van der Waals surface area contributed by atoms with Crippen LogP contribution in [0.25, 0.3) is 0 Å². The Morgan fingerprint density at radius 3 is 1.67 bits per heavy atom. The van der Waals surface area contributed by atoms with Crippen LogP contribution in [0.3, 0.4) is 0 Å². The number of aliphatic hydroxyl groups excluding tert-OH is 1. The van der Waals surface area contributed by atoms with Crippen LogP contribution in [0.15, 0.2) is 0 Å². The van der Waals surface area contributed by atoms with Gasteiger partial charge in [-0.1, -0.05) is 0 Å². The molecule has 0 spiro atoms. The van der Waals surface area contributed by atoms with E-state index in [1.54, 1.807) is 0 Å². The molecule has 58 valence electrons. The molecule has 0 aliphatic rings. The van der Waals surface area contributed by atoms with Crippen LogP contribution >= 0.6 is 0 Å². The summed E-state index contributed by atoms with van der Waals surface area (Å²) in [7, 11) is 6.19. The van der Waals surface area contributed by atoms with Gasteiger partial charge in [0.25, 0.3) is 0 Å². The van der Waals surface area contributed by atoms with Crippen molar-refractivity contribution in [2.45, 2.75) is 13.0 Å². The highest BCUT2D eigenvalue weighted by atomic mass is 19.0. The first-order valence-corrected chi connectivity index (χ1v) is 2.90.